The maximum Gasteiger partial charge on any atom is 0.0353 e. The van der Waals surface area contributed by atoms with Gasteiger partial charge in [0.2, 0.25) is 0 Å². The molecule has 2 atom stereocenters. The van der Waals surface area contributed by atoms with Crippen molar-refractivity contribution in [3.63, 3.8) is 0 Å². The molecule has 0 aromatic heterocycles. The molecule has 0 bridgehead atoms. The fraction of sp³-hybridized carbons (Fsp3) is 0.684. The van der Waals surface area contributed by atoms with E-state index < -0.39 is 0 Å². The Balaban J connectivity index is 2.19. The van der Waals surface area contributed by atoms with Crippen LogP contribution in [0.5, 0.6) is 0 Å². The van der Waals surface area contributed by atoms with Gasteiger partial charge in [0, 0.05) is 6.04 Å². The monoisotopic (exact) mass is 273 g/mol. The Kier molecular flexibility index (Phi) is 4.30. The summed E-state index contributed by atoms with van der Waals surface area (Å²) < 4.78 is 0. The average molecular weight is 273 g/mol. The van der Waals surface area contributed by atoms with E-state index in [2.05, 4.69) is 71.1 Å². The Morgan fingerprint density at radius 2 is 1.75 bits per heavy atom. The molecule has 0 heterocycles. The molecule has 2 rings (SSSR count). The van der Waals surface area contributed by atoms with Gasteiger partial charge in [-0.15, -0.1) is 0 Å². The van der Waals surface area contributed by atoms with E-state index in [1.807, 2.05) is 0 Å². The van der Waals surface area contributed by atoms with Gasteiger partial charge in [-0.05, 0) is 47.3 Å². The van der Waals surface area contributed by atoms with Crippen LogP contribution in [0.3, 0.4) is 0 Å². The van der Waals surface area contributed by atoms with E-state index in [1.54, 1.807) is 0 Å². The second-order valence-corrected chi connectivity index (χ2v) is 7.69. The van der Waals surface area contributed by atoms with Crippen molar-refractivity contribution < 1.29 is 0 Å². The first-order valence-corrected chi connectivity index (χ1v) is 8.15. The minimum atomic E-state index is 0.283. The van der Waals surface area contributed by atoms with Crippen LogP contribution in [0.25, 0.3) is 0 Å². The second kappa shape index (κ2) is 5.52. The van der Waals surface area contributed by atoms with Gasteiger partial charge in [0.05, 0.1) is 0 Å². The van der Waals surface area contributed by atoms with Crippen LogP contribution in [0.15, 0.2) is 24.3 Å². The molecule has 0 saturated heterocycles. The fourth-order valence-electron chi connectivity index (χ4n) is 3.13. The van der Waals surface area contributed by atoms with E-state index >= 15 is 0 Å². The number of rotatable bonds is 6. The minimum absolute atomic E-state index is 0.283. The molecule has 1 aliphatic rings. The summed E-state index contributed by atoms with van der Waals surface area (Å²) in [4.78, 5) is 0. The lowest BCUT2D eigenvalue weighted by Gasteiger charge is -2.25. The molecule has 1 saturated carbocycles. The molecule has 1 nitrogen and oxygen atoms in total. The minimum Gasteiger partial charge on any atom is -0.310 e. The summed E-state index contributed by atoms with van der Waals surface area (Å²) in [5.41, 5.74) is 3.70. The zero-order valence-electron chi connectivity index (χ0n) is 14.1. The number of benzene rings is 1. The van der Waals surface area contributed by atoms with Crippen LogP contribution in [0.2, 0.25) is 0 Å². The van der Waals surface area contributed by atoms with E-state index in [1.165, 1.54) is 24.0 Å². The molecule has 1 aromatic carbocycles. The van der Waals surface area contributed by atoms with E-state index in [0.717, 1.165) is 12.5 Å². The van der Waals surface area contributed by atoms with Crippen molar-refractivity contribution in [2.75, 3.05) is 6.54 Å². The molecular formula is C19H31N. The Bertz CT molecular complexity index is 441. The third-order valence-electron chi connectivity index (χ3n) is 5.35. The van der Waals surface area contributed by atoms with Crippen LogP contribution in [0.1, 0.15) is 71.6 Å². The zero-order valence-corrected chi connectivity index (χ0v) is 14.1. The predicted octanol–water partition coefficient (Wildman–Crippen LogP) is 5.07. The predicted molar refractivity (Wildman–Crippen MR) is 88.1 cm³/mol. The second-order valence-electron chi connectivity index (χ2n) is 7.69. The molecule has 0 amide bonds. The molecule has 20 heavy (non-hydrogen) atoms. The van der Waals surface area contributed by atoms with Gasteiger partial charge >= 0.3 is 0 Å². The SMILES string of the molecule is CCNC(c1ccc(C(C)(C)CC)cc1)C1CC1(C)C. The summed E-state index contributed by atoms with van der Waals surface area (Å²) in [5, 5.41) is 3.69. The lowest BCUT2D eigenvalue weighted by molar-refractivity contribution is 0.423. The Labute approximate surface area is 125 Å². The highest BCUT2D eigenvalue weighted by atomic mass is 14.9. The van der Waals surface area contributed by atoms with Crippen LogP contribution in [-0.2, 0) is 5.41 Å². The van der Waals surface area contributed by atoms with Crippen molar-refractivity contribution in [1.82, 2.24) is 5.32 Å². The highest BCUT2D eigenvalue weighted by molar-refractivity contribution is 5.31. The lowest BCUT2D eigenvalue weighted by atomic mass is 9.81. The van der Waals surface area contributed by atoms with Gasteiger partial charge in [-0.25, -0.2) is 0 Å². The molecule has 1 fully saturated rings. The van der Waals surface area contributed by atoms with Crippen molar-refractivity contribution in [3.8, 4) is 0 Å². The Morgan fingerprint density at radius 1 is 1.20 bits per heavy atom. The van der Waals surface area contributed by atoms with Crippen molar-refractivity contribution in [3.05, 3.63) is 35.4 Å². The van der Waals surface area contributed by atoms with E-state index in [-0.39, 0.29) is 5.41 Å². The molecule has 0 radical (unpaired) electrons. The standard InChI is InChI=1S/C19H31N/c1-7-18(3,4)15-11-9-14(10-12-15)17(20-8-2)16-13-19(16,5)6/h9-12,16-17,20H,7-8,13H2,1-6H3. The molecule has 1 heteroatoms. The van der Waals surface area contributed by atoms with Gasteiger partial charge < -0.3 is 5.32 Å². The molecule has 112 valence electrons. The van der Waals surface area contributed by atoms with Crippen LogP contribution in [0.4, 0.5) is 0 Å². The van der Waals surface area contributed by atoms with Crippen LogP contribution >= 0.6 is 0 Å². The summed E-state index contributed by atoms with van der Waals surface area (Å²) in [7, 11) is 0. The van der Waals surface area contributed by atoms with Gasteiger partial charge in [0.25, 0.3) is 0 Å². The average Bonchev–Trinajstić information content (AvgIpc) is 3.05. The normalized spacial score (nSPS) is 22.6. The maximum atomic E-state index is 3.69. The Morgan fingerprint density at radius 3 is 2.15 bits per heavy atom. The van der Waals surface area contributed by atoms with E-state index in [9.17, 15) is 0 Å². The molecule has 0 aliphatic heterocycles. The molecule has 1 aliphatic carbocycles. The summed E-state index contributed by atoms with van der Waals surface area (Å²) >= 11 is 0. The van der Waals surface area contributed by atoms with Gasteiger partial charge in [-0.2, -0.15) is 0 Å². The highest BCUT2D eigenvalue weighted by Gasteiger charge is 2.50. The largest absolute Gasteiger partial charge is 0.310 e. The first-order chi connectivity index (χ1) is 9.31. The van der Waals surface area contributed by atoms with Crippen LogP contribution in [-0.4, -0.2) is 6.54 Å². The summed E-state index contributed by atoms with van der Waals surface area (Å²) in [6.45, 7) is 14.9. The molecular weight excluding hydrogens is 242 g/mol. The van der Waals surface area contributed by atoms with Crippen molar-refractivity contribution >= 4 is 0 Å². The van der Waals surface area contributed by atoms with Crippen molar-refractivity contribution in [2.24, 2.45) is 11.3 Å². The van der Waals surface area contributed by atoms with Gasteiger partial charge in [-0.3, -0.25) is 0 Å². The van der Waals surface area contributed by atoms with Gasteiger partial charge in [0.1, 0.15) is 0 Å². The van der Waals surface area contributed by atoms with Crippen LogP contribution in [0, 0.1) is 11.3 Å². The van der Waals surface area contributed by atoms with E-state index in [0.29, 0.717) is 11.5 Å². The summed E-state index contributed by atoms with van der Waals surface area (Å²) in [6.07, 6.45) is 2.52. The number of hydrogen-bond acceptors (Lipinski definition) is 1. The lowest BCUT2D eigenvalue weighted by Crippen LogP contribution is -2.24. The number of hydrogen-bond donors (Lipinski definition) is 1. The van der Waals surface area contributed by atoms with Crippen molar-refractivity contribution in [2.45, 2.75) is 65.8 Å². The van der Waals surface area contributed by atoms with Crippen molar-refractivity contribution in [1.29, 1.82) is 0 Å². The molecule has 0 spiro atoms. The zero-order chi connectivity index (χ0) is 15.0. The van der Waals surface area contributed by atoms with Crippen LogP contribution < -0.4 is 5.32 Å². The molecule has 2 unspecified atom stereocenters. The topological polar surface area (TPSA) is 12.0 Å². The maximum absolute atomic E-state index is 3.69. The van der Waals surface area contributed by atoms with E-state index in [4.69, 9.17) is 0 Å². The third kappa shape index (κ3) is 3.09. The quantitative estimate of drug-likeness (QED) is 0.763. The molecule has 1 N–H and O–H groups in total. The Hall–Kier alpha value is -0.820. The summed E-state index contributed by atoms with van der Waals surface area (Å²) in [5.74, 6) is 0.785. The smallest absolute Gasteiger partial charge is 0.0353 e. The summed E-state index contributed by atoms with van der Waals surface area (Å²) in [6, 6.07) is 9.87. The first kappa shape index (κ1) is 15.6. The fourth-order valence-corrected chi connectivity index (χ4v) is 3.13. The van der Waals surface area contributed by atoms with Gasteiger partial charge in [-0.1, -0.05) is 65.8 Å². The number of nitrogens with one attached hydrogen (secondary N) is 1. The third-order valence-corrected chi connectivity index (χ3v) is 5.35. The van der Waals surface area contributed by atoms with Gasteiger partial charge in [0.15, 0.2) is 0 Å². The first-order valence-electron chi connectivity index (χ1n) is 8.15. The highest BCUT2D eigenvalue weighted by Crippen LogP contribution is 2.57. The molecule has 1 aromatic rings.